The second-order valence-corrected chi connectivity index (χ2v) is 9.81. The smallest absolute Gasteiger partial charge is 0.201 e. The van der Waals surface area contributed by atoms with E-state index in [2.05, 4.69) is 85.4 Å². The number of para-hydroxylation sites is 1. The predicted molar refractivity (Wildman–Crippen MR) is 155 cm³/mol. The third-order valence-corrected chi connectivity index (χ3v) is 7.37. The maximum Gasteiger partial charge on any atom is 0.201 e. The van der Waals surface area contributed by atoms with Gasteiger partial charge in [0.15, 0.2) is 0 Å². The Morgan fingerprint density at radius 1 is 0.974 bits per heavy atom. The summed E-state index contributed by atoms with van der Waals surface area (Å²) in [7, 11) is 5.95. The number of nitrogens with one attached hydrogen (secondary N) is 1. The number of hydrogen-bond donors (Lipinski definition) is 1. The number of anilines is 3. The molecule has 0 radical (unpaired) electrons. The minimum Gasteiger partial charge on any atom is -0.494 e. The van der Waals surface area contributed by atoms with Crippen LogP contribution in [0.2, 0.25) is 0 Å². The first-order chi connectivity index (χ1) is 18.6. The van der Waals surface area contributed by atoms with E-state index in [1.807, 2.05) is 43.7 Å². The predicted octanol–water partition coefficient (Wildman–Crippen LogP) is 4.55. The Hall–Kier alpha value is -4.30. The van der Waals surface area contributed by atoms with Crippen LogP contribution in [0, 0.1) is 0 Å². The molecular weight excluding hydrogens is 474 g/mol. The van der Waals surface area contributed by atoms with Crippen LogP contribution in [0.15, 0.2) is 90.5 Å². The van der Waals surface area contributed by atoms with Crippen molar-refractivity contribution >= 4 is 33.7 Å². The highest BCUT2D eigenvalue weighted by atomic mass is 16.5. The van der Waals surface area contributed by atoms with Gasteiger partial charge >= 0.3 is 0 Å². The fourth-order valence-corrected chi connectivity index (χ4v) is 5.20. The van der Waals surface area contributed by atoms with Crippen LogP contribution >= 0.6 is 0 Å². The molecule has 1 unspecified atom stereocenters. The second kappa shape index (κ2) is 10.2. The van der Waals surface area contributed by atoms with Crippen LogP contribution in [0.5, 0.6) is 5.75 Å². The van der Waals surface area contributed by atoms with Crippen LogP contribution in [0.3, 0.4) is 0 Å². The van der Waals surface area contributed by atoms with Gasteiger partial charge in [0.1, 0.15) is 5.75 Å². The minimum absolute atomic E-state index is 0.363. The molecule has 6 rings (SSSR count). The number of ether oxygens (including phenoxy) is 1. The molecule has 2 aromatic carbocycles. The lowest BCUT2D eigenvalue weighted by atomic mass is 10.1. The zero-order valence-corrected chi connectivity index (χ0v) is 22.1. The number of hydrogen-bond acceptors (Lipinski definition) is 7. The molecule has 2 aliphatic rings. The largest absolute Gasteiger partial charge is 0.494 e. The number of benzene rings is 2. The van der Waals surface area contributed by atoms with E-state index in [1.165, 1.54) is 5.69 Å². The molecule has 38 heavy (non-hydrogen) atoms. The molecule has 1 fully saturated rings. The third kappa shape index (κ3) is 4.59. The van der Waals surface area contributed by atoms with Crippen LogP contribution in [0.4, 0.5) is 17.1 Å². The van der Waals surface area contributed by atoms with Crippen LogP contribution in [-0.4, -0.2) is 66.8 Å². The molecule has 4 aromatic rings. The van der Waals surface area contributed by atoms with E-state index >= 15 is 0 Å². The number of aliphatic imine (C=N–C) groups is 1. The fourth-order valence-electron chi connectivity index (χ4n) is 5.20. The van der Waals surface area contributed by atoms with Gasteiger partial charge in [0.25, 0.3) is 0 Å². The van der Waals surface area contributed by atoms with Crippen molar-refractivity contribution < 1.29 is 4.74 Å². The molecule has 0 aliphatic carbocycles. The Morgan fingerprint density at radius 3 is 2.58 bits per heavy atom. The van der Waals surface area contributed by atoms with Crippen LogP contribution in [-0.2, 0) is 7.05 Å². The Bertz CT molecular complexity index is 1490. The number of fused-ring (bicyclic) bond motifs is 1. The molecule has 1 N–H and O–H groups in total. The van der Waals surface area contributed by atoms with Crippen molar-refractivity contribution in [1.82, 2.24) is 14.5 Å². The number of allylic oxidation sites excluding steroid dienone is 1. The molecular formula is C30H33N7O. The van der Waals surface area contributed by atoms with Crippen molar-refractivity contribution in [3.63, 3.8) is 0 Å². The molecule has 2 aromatic heterocycles. The number of pyridine rings is 1. The molecule has 194 valence electrons. The molecule has 4 heterocycles. The minimum atomic E-state index is -0.363. The quantitative estimate of drug-likeness (QED) is 0.413. The van der Waals surface area contributed by atoms with Gasteiger partial charge in [-0.2, -0.15) is 0 Å². The molecule has 0 amide bonds. The number of likely N-dealkylation sites (N-methyl/N-ethyl adjacent to an activating group) is 1. The SMILES string of the molecule is COc1cc(N2CCN(C)CC2)ccc1N1C=CC(c2cn(C)c3cnccc23)=NC1Nc1ccccc1. The van der Waals surface area contributed by atoms with E-state index in [4.69, 9.17) is 9.73 Å². The molecule has 0 spiro atoms. The zero-order valence-electron chi connectivity index (χ0n) is 22.1. The van der Waals surface area contributed by atoms with Gasteiger partial charge in [-0.05, 0) is 43.5 Å². The molecule has 8 heteroatoms. The molecule has 8 nitrogen and oxygen atoms in total. The van der Waals surface area contributed by atoms with E-state index in [9.17, 15) is 0 Å². The van der Waals surface area contributed by atoms with Gasteiger partial charge in [-0.15, -0.1) is 0 Å². The molecule has 0 bridgehead atoms. The highest BCUT2D eigenvalue weighted by Crippen LogP contribution is 2.36. The lowest BCUT2D eigenvalue weighted by Gasteiger charge is -2.36. The maximum absolute atomic E-state index is 5.92. The number of aryl methyl sites for hydroxylation is 1. The van der Waals surface area contributed by atoms with Gasteiger partial charge in [0, 0.05) is 80.2 Å². The summed E-state index contributed by atoms with van der Waals surface area (Å²) in [6.07, 6.45) is 9.65. The first kappa shape index (κ1) is 24.1. The van der Waals surface area contributed by atoms with E-state index in [0.717, 1.165) is 65.5 Å². The van der Waals surface area contributed by atoms with Gasteiger partial charge in [0.2, 0.25) is 6.29 Å². The zero-order chi connectivity index (χ0) is 26.1. The second-order valence-electron chi connectivity index (χ2n) is 9.81. The highest BCUT2D eigenvalue weighted by Gasteiger charge is 2.26. The number of piperazine rings is 1. The topological polar surface area (TPSA) is 61.2 Å². The standard InChI is InChI=1S/C30H33N7O/c1-34-15-17-36(18-16-34)23-9-10-27(29(19-23)38-3)37-14-12-26(33-30(37)32-22-7-5-4-6-8-22)25-21-35(2)28-20-31-13-11-24(25)28/h4-14,19-21,30,32H,15-18H2,1-3H3. The van der Waals surface area contributed by atoms with Gasteiger partial charge < -0.3 is 29.3 Å². The van der Waals surface area contributed by atoms with Gasteiger partial charge in [0.05, 0.1) is 30.2 Å². The maximum atomic E-state index is 5.92. The monoisotopic (exact) mass is 507 g/mol. The summed E-state index contributed by atoms with van der Waals surface area (Å²) in [4.78, 5) is 16.4. The Kier molecular flexibility index (Phi) is 6.47. The lowest BCUT2D eigenvalue weighted by Crippen LogP contribution is -2.44. The summed E-state index contributed by atoms with van der Waals surface area (Å²) in [5.74, 6) is 0.820. The van der Waals surface area contributed by atoms with Crippen LogP contribution in [0.25, 0.3) is 10.9 Å². The average molecular weight is 508 g/mol. The summed E-state index contributed by atoms with van der Waals surface area (Å²) >= 11 is 0. The van der Waals surface area contributed by atoms with Crippen LogP contribution in [0.1, 0.15) is 5.56 Å². The van der Waals surface area contributed by atoms with E-state index < -0.39 is 0 Å². The summed E-state index contributed by atoms with van der Waals surface area (Å²) in [6.45, 7) is 4.14. The van der Waals surface area contributed by atoms with E-state index in [-0.39, 0.29) is 6.29 Å². The first-order valence-corrected chi connectivity index (χ1v) is 13.0. The summed E-state index contributed by atoms with van der Waals surface area (Å²) < 4.78 is 8.02. The van der Waals surface area contributed by atoms with Gasteiger partial charge in [-0.25, -0.2) is 4.99 Å². The molecule has 1 atom stereocenters. The summed E-state index contributed by atoms with van der Waals surface area (Å²) in [5, 5.41) is 4.75. The fraction of sp³-hybridized carbons (Fsp3) is 0.267. The highest BCUT2D eigenvalue weighted by molar-refractivity contribution is 6.17. The average Bonchev–Trinajstić information content (AvgIpc) is 3.30. The van der Waals surface area contributed by atoms with Crippen molar-refractivity contribution in [2.45, 2.75) is 6.29 Å². The van der Waals surface area contributed by atoms with Crippen molar-refractivity contribution in [2.24, 2.45) is 12.0 Å². The Balaban J connectivity index is 1.37. The van der Waals surface area contributed by atoms with Gasteiger partial charge in [-0.3, -0.25) is 4.98 Å². The number of nitrogens with zero attached hydrogens (tertiary/aromatic N) is 6. The molecule has 2 aliphatic heterocycles. The number of methoxy groups -OCH3 is 1. The normalized spacial score (nSPS) is 18.1. The van der Waals surface area contributed by atoms with Gasteiger partial charge in [-0.1, -0.05) is 18.2 Å². The Labute approximate surface area is 223 Å². The molecule has 0 saturated carbocycles. The van der Waals surface area contributed by atoms with Crippen molar-refractivity contribution in [3.05, 3.63) is 91.0 Å². The Morgan fingerprint density at radius 2 is 1.79 bits per heavy atom. The summed E-state index contributed by atoms with van der Waals surface area (Å²) in [5.41, 5.74) is 6.21. The lowest BCUT2D eigenvalue weighted by molar-refractivity contribution is 0.312. The van der Waals surface area contributed by atoms with E-state index in [0.29, 0.717) is 0 Å². The first-order valence-electron chi connectivity index (χ1n) is 13.0. The van der Waals surface area contributed by atoms with Crippen LogP contribution < -0.4 is 19.9 Å². The number of rotatable bonds is 6. The third-order valence-electron chi connectivity index (χ3n) is 7.37. The molecule has 1 saturated heterocycles. The van der Waals surface area contributed by atoms with Crippen molar-refractivity contribution in [1.29, 1.82) is 0 Å². The summed E-state index contributed by atoms with van der Waals surface area (Å²) in [6, 6.07) is 18.7. The van der Waals surface area contributed by atoms with Crippen molar-refractivity contribution in [2.75, 3.05) is 55.5 Å². The van der Waals surface area contributed by atoms with Crippen molar-refractivity contribution in [3.8, 4) is 5.75 Å². The number of aromatic nitrogens is 2. The van der Waals surface area contributed by atoms with E-state index in [1.54, 1.807) is 7.11 Å².